The molecule has 20 heavy (non-hydrogen) atoms. The molecule has 2 fully saturated rings. The Balaban J connectivity index is 1.95. The first-order valence-corrected chi connectivity index (χ1v) is 8.60. The average Bonchev–Trinajstić information content (AvgIpc) is 3.09. The number of nitrogens with zero attached hydrogens (tertiary/aromatic N) is 1. The number of hydrogen-bond acceptors (Lipinski definition) is 4. The molecule has 2 N–H and O–H groups in total. The minimum Gasteiger partial charge on any atom is -0.481 e. The number of nitrogens with one attached hydrogen (secondary N) is 1. The van der Waals surface area contributed by atoms with Crippen molar-refractivity contribution in [3.8, 4) is 0 Å². The molecule has 2 aliphatic rings. The lowest BCUT2D eigenvalue weighted by Gasteiger charge is -2.34. The van der Waals surface area contributed by atoms with E-state index in [1.807, 2.05) is 0 Å². The van der Waals surface area contributed by atoms with Gasteiger partial charge in [-0.3, -0.25) is 4.79 Å². The molecule has 0 aromatic rings. The first kappa shape index (κ1) is 15.1. The van der Waals surface area contributed by atoms with Gasteiger partial charge in [0.05, 0.1) is 17.9 Å². The number of sulfone groups is 1. The van der Waals surface area contributed by atoms with Crippen molar-refractivity contribution in [1.82, 2.24) is 10.2 Å². The maximum Gasteiger partial charge on any atom is 0.317 e. The minimum atomic E-state index is -3.07. The molecule has 2 rings (SSSR count). The Morgan fingerprint density at radius 3 is 2.55 bits per heavy atom. The van der Waals surface area contributed by atoms with Gasteiger partial charge in [0.1, 0.15) is 0 Å². The monoisotopic (exact) mass is 304 g/mol. The van der Waals surface area contributed by atoms with Crippen LogP contribution in [0.1, 0.15) is 26.2 Å². The Morgan fingerprint density at radius 1 is 1.40 bits per heavy atom. The third-order valence-electron chi connectivity index (χ3n) is 3.83. The third kappa shape index (κ3) is 3.84. The van der Waals surface area contributed by atoms with Gasteiger partial charge in [-0.1, -0.05) is 0 Å². The Hall–Kier alpha value is -1.31. The molecule has 2 atom stereocenters. The van der Waals surface area contributed by atoms with E-state index in [4.69, 9.17) is 5.11 Å². The highest BCUT2D eigenvalue weighted by molar-refractivity contribution is 7.91. The molecule has 1 aliphatic heterocycles. The normalized spacial score (nSPS) is 26.9. The second kappa shape index (κ2) is 5.59. The number of hydrogen-bond donors (Lipinski definition) is 2. The van der Waals surface area contributed by atoms with Crippen LogP contribution in [-0.2, 0) is 14.6 Å². The predicted octanol–water partition coefficient (Wildman–Crippen LogP) is 0.0682. The van der Waals surface area contributed by atoms with Gasteiger partial charge in [0, 0.05) is 18.6 Å². The zero-order chi connectivity index (χ0) is 14.9. The number of rotatable bonds is 4. The van der Waals surface area contributed by atoms with Crippen molar-refractivity contribution < 1.29 is 23.1 Å². The number of urea groups is 1. The smallest absolute Gasteiger partial charge is 0.317 e. The van der Waals surface area contributed by atoms with Gasteiger partial charge in [-0.25, -0.2) is 13.2 Å². The third-order valence-corrected chi connectivity index (χ3v) is 5.62. The Bertz CT molecular complexity index is 500. The molecule has 2 unspecified atom stereocenters. The summed E-state index contributed by atoms with van der Waals surface area (Å²) < 4.78 is 23.0. The van der Waals surface area contributed by atoms with E-state index in [2.05, 4.69) is 5.32 Å². The first-order chi connectivity index (χ1) is 9.28. The zero-order valence-corrected chi connectivity index (χ0v) is 12.2. The first-order valence-electron chi connectivity index (χ1n) is 6.78. The molecule has 1 saturated heterocycles. The standard InChI is InChI=1S/C12H20N2O5S/c1-8-7-20(18,19)5-4-14(8)12(17)13-10(6-11(15)16)9-2-3-9/h8-10H,2-7H2,1H3,(H,13,17)(H,15,16). The van der Waals surface area contributed by atoms with Crippen LogP contribution < -0.4 is 5.32 Å². The van der Waals surface area contributed by atoms with Crippen molar-refractivity contribution in [1.29, 1.82) is 0 Å². The summed E-state index contributed by atoms with van der Waals surface area (Å²) in [7, 11) is -3.07. The molecule has 1 saturated carbocycles. The van der Waals surface area contributed by atoms with Crippen molar-refractivity contribution >= 4 is 21.8 Å². The number of aliphatic carboxylic acids is 1. The van der Waals surface area contributed by atoms with E-state index >= 15 is 0 Å². The predicted molar refractivity (Wildman–Crippen MR) is 72.1 cm³/mol. The fraction of sp³-hybridized carbons (Fsp3) is 0.833. The van der Waals surface area contributed by atoms with Crippen LogP contribution in [0.25, 0.3) is 0 Å². The lowest BCUT2D eigenvalue weighted by Crippen LogP contribution is -2.55. The van der Waals surface area contributed by atoms with Crippen molar-refractivity contribution in [3.05, 3.63) is 0 Å². The summed E-state index contributed by atoms with van der Waals surface area (Å²) in [4.78, 5) is 24.5. The van der Waals surface area contributed by atoms with Crippen LogP contribution in [0, 0.1) is 5.92 Å². The maximum atomic E-state index is 12.2. The SMILES string of the molecule is CC1CS(=O)(=O)CCN1C(=O)NC(CC(=O)O)C1CC1. The highest BCUT2D eigenvalue weighted by atomic mass is 32.2. The van der Waals surface area contributed by atoms with E-state index in [-0.39, 0.29) is 48.5 Å². The van der Waals surface area contributed by atoms with Gasteiger partial charge in [-0.2, -0.15) is 0 Å². The molecule has 2 amide bonds. The molecular formula is C12H20N2O5S. The van der Waals surface area contributed by atoms with Crippen LogP contribution in [0.2, 0.25) is 0 Å². The Morgan fingerprint density at radius 2 is 2.05 bits per heavy atom. The van der Waals surface area contributed by atoms with Crippen LogP contribution in [0.15, 0.2) is 0 Å². The van der Waals surface area contributed by atoms with Gasteiger partial charge in [-0.05, 0) is 25.7 Å². The van der Waals surface area contributed by atoms with E-state index in [1.165, 1.54) is 4.90 Å². The highest BCUT2D eigenvalue weighted by Crippen LogP contribution is 2.34. The van der Waals surface area contributed by atoms with Gasteiger partial charge in [0.25, 0.3) is 0 Å². The molecule has 0 radical (unpaired) electrons. The van der Waals surface area contributed by atoms with Crippen molar-refractivity contribution in [2.75, 3.05) is 18.1 Å². The second-order valence-corrected chi connectivity index (χ2v) is 7.88. The van der Waals surface area contributed by atoms with Gasteiger partial charge in [0.15, 0.2) is 9.84 Å². The fourth-order valence-corrected chi connectivity index (χ4v) is 4.12. The maximum absolute atomic E-state index is 12.2. The molecule has 8 heteroatoms. The van der Waals surface area contributed by atoms with Crippen LogP contribution in [0.5, 0.6) is 0 Å². The Labute approximate surface area is 118 Å². The second-order valence-electron chi connectivity index (χ2n) is 5.65. The van der Waals surface area contributed by atoms with Crippen molar-refractivity contribution in [3.63, 3.8) is 0 Å². The molecule has 7 nitrogen and oxygen atoms in total. The van der Waals surface area contributed by atoms with E-state index in [0.717, 1.165) is 12.8 Å². The Kier molecular flexibility index (Phi) is 4.22. The van der Waals surface area contributed by atoms with E-state index < -0.39 is 15.8 Å². The van der Waals surface area contributed by atoms with E-state index in [1.54, 1.807) is 6.92 Å². The molecular weight excluding hydrogens is 284 g/mol. The summed E-state index contributed by atoms with van der Waals surface area (Å²) in [6, 6.07) is -1.09. The van der Waals surface area contributed by atoms with Gasteiger partial charge >= 0.3 is 12.0 Å². The van der Waals surface area contributed by atoms with Gasteiger partial charge < -0.3 is 15.3 Å². The zero-order valence-electron chi connectivity index (χ0n) is 11.4. The molecule has 0 aromatic carbocycles. The molecule has 0 aromatic heterocycles. The number of carbonyl (C=O) groups is 2. The summed E-state index contributed by atoms with van der Waals surface area (Å²) in [6.07, 6.45) is 1.78. The topological polar surface area (TPSA) is 104 Å². The lowest BCUT2D eigenvalue weighted by molar-refractivity contribution is -0.137. The molecule has 1 aliphatic carbocycles. The summed E-state index contributed by atoms with van der Waals surface area (Å²) in [5, 5.41) is 11.6. The van der Waals surface area contributed by atoms with E-state index in [9.17, 15) is 18.0 Å². The summed E-state index contributed by atoms with van der Waals surface area (Å²) in [5.74, 6) is -0.763. The lowest BCUT2D eigenvalue weighted by atomic mass is 10.1. The number of carboxylic acid groups (broad SMARTS) is 1. The van der Waals surface area contributed by atoms with Gasteiger partial charge in [-0.15, -0.1) is 0 Å². The highest BCUT2D eigenvalue weighted by Gasteiger charge is 2.37. The molecule has 0 bridgehead atoms. The average molecular weight is 304 g/mol. The molecule has 114 valence electrons. The van der Waals surface area contributed by atoms with Crippen LogP contribution >= 0.6 is 0 Å². The number of carboxylic acids is 1. The summed E-state index contributed by atoms with van der Waals surface area (Å²) in [5.41, 5.74) is 0. The fourth-order valence-electron chi connectivity index (χ4n) is 2.56. The summed E-state index contributed by atoms with van der Waals surface area (Å²) in [6.45, 7) is 1.86. The molecule has 1 heterocycles. The van der Waals surface area contributed by atoms with E-state index in [0.29, 0.717) is 0 Å². The largest absolute Gasteiger partial charge is 0.481 e. The van der Waals surface area contributed by atoms with Crippen LogP contribution in [0.4, 0.5) is 4.79 Å². The van der Waals surface area contributed by atoms with Gasteiger partial charge in [0.2, 0.25) is 0 Å². The summed E-state index contributed by atoms with van der Waals surface area (Å²) >= 11 is 0. The van der Waals surface area contributed by atoms with Crippen molar-refractivity contribution in [2.24, 2.45) is 5.92 Å². The number of carbonyl (C=O) groups excluding carboxylic acids is 1. The minimum absolute atomic E-state index is 0.0300. The molecule has 0 spiro atoms. The van der Waals surface area contributed by atoms with Crippen LogP contribution in [0.3, 0.4) is 0 Å². The quantitative estimate of drug-likeness (QED) is 0.765. The van der Waals surface area contributed by atoms with Crippen molar-refractivity contribution in [2.45, 2.75) is 38.3 Å². The number of amides is 2. The van der Waals surface area contributed by atoms with Crippen LogP contribution in [-0.4, -0.2) is 60.6 Å².